The van der Waals surface area contributed by atoms with Crippen molar-refractivity contribution in [2.24, 2.45) is 5.84 Å². The second-order valence-corrected chi connectivity index (χ2v) is 4.59. The van der Waals surface area contributed by atoms with Gasteiger partial charge in [-0.05, 0) is 36.4 Å². The van der Waals surface area contributed by atoms with Crippen LogP contribution in [0, 0.1) is 0 Å². The second kappa shape index (κ2) is 5.35. The van der Waals surface area contributed by atoms with Crippen molar-refractivity contribution in [2.45, 2.75) is 0 Å². The van der Waals surface area contributed by atoms with E-state index in [1.807, 2.05) is 0 Å². The van der Waals surface area contributed by atoms with Gasteiger partial charge in [0.15, 0.2) is 5.58 Å². The van der Waals surface area contributed by atoms with Crippen molar-refractivity contribution >= 4 is 28.4 Å². The van der Waals surface area contributed by atoms with Crippen LogP contribution in [0.25, 0.3) is 22.6 Å². The Kier molecular flexibility index (Phi) is 3.37. The van der Waals surface area contributed by atoms with Crippen molar-refractivity contribution in [3.8, 4) is 11.5 Å². The number of nitrogens with zero attached hydrogens (tertiary/aromatic N) is 1. The zero-order chi connectivity index (χ0) is 15.7. The van der Waals surface area contributed by atoms with Crippen molar-refractivity contribution in [1.82, 2.24) is 10.5 Å². The van der Waals surface area contributed by atoms with E-state index in [4.69, 9.17) is 21.2 Å². The van der Waals surface area contributed by atoms with Crippen molar-refractivity contribution in [2.75, 3.05) is 11.2 Å². The van der Waals surface area contributed by atoms with E-state index in [2.05, 4.69) is 10.4 Å². The lowest BCUT2D eigenvalue weighted by Gasteiger charge is -2.05. The molecule has 1 heterocycles. The average Bonchev–Trinajstić information content (AvgIpc) is 2.97. The predicted octanol–water partition coefficient (Wildman–Crippen LogP) is 1.48. The predicted molar refractivity (Wildman–Crippen MR) is 80.9 cm³/mol. The highest BCUT2D eigenvalue weighted by Gasteiger charge is 2.12. The SMILES string of the molecule is NNc1ccc(-c2nc3ccc(C(=O)NO)cc3o2)cc1N. The summed E-state index contributed by atoms with van der Waals surface area (Å²) in [5.41, 5.74) is 12.9. The molecular formula is C14H13N5O3. The monoisotopic (exact) mass is 299 g/mol. The number of hydrogen-bond acceptors (Lipinski definition) is 7. The van der Waals surface area contributed by atoms with E-state index < -0.39 is 5.91 Å². The molecule has 3 aromatic rings. The fraction of sp³-hybridized carbons (Fsp3) is 0. The Balaban J connectivity index is 2.05. The summed E-state index contributed by atoms with van der Waals surface area (Å²) in [7, 11) is 0. The van der Waals surface area contributed by atoms with Gasteiger partial charge in [0.2, 0.25) is 5.89 Å². The van der Waals surface area contributed by atoms with E-state index >= 15 is 0 Å². The number of carbonyl (C=O) groups is 1. The van der Waals surface area contributed by atoms with Crippen LogP contribution in [-0.2, 0) is 0 Å². The summed E-state index contributed by atoms with van der Waals surface area (Å²) in [6, 6.07) is 9.82. The number of amides is 1. The van der Waals surface area contributed by atoms with Gasteiger partial charge in [0.1, 0.15) is 5.52 Å². The molecule has 2 aromatic carbocycles. The Morgan fingerprint density at radius 1 is 1.23 bits per heavy atom. The molecule has 0 aliphatic rings. The first kappa shape index (κ1) is 13.9. The summed E-state index contributed by atoms with van der Waals surface area (Å²) in [6.07, 6.45) is 0. The summed E-state index contributed by atoms with van der Waals surface area (Å²) < 4.78 is 5.64. The van der Waals surface area contributed by atoms with Gasteiger partial charge in [0.25, 0.3) is 5.91 Å². The summed E-state index contributed by atoms with van der Waals surface area (Å²) in [4.78, 5) is 15.7. The van der Waals surface area contributed by atoms with Crippen LogP contribution in [0.2, 0.25) is 0 Å². The minimum atomic E-state index is -0.623. The number of anilines is 2. The number of rotatable bonds is 3. The molecule has 0 saturated carbocycles. The van der Waals surface area contributed by atoms with Crippen molar-refractivity contribution in [3.63, 3.8) is 0 Å². The van der Waals surface area contributed by atoms with Crippen LogP contribution in [0.1, 0.15) is 10.4 Å². The number of nitrogens with two attached hydrogens (primary N) is 2. The molecule has 8 nitrogen and oxygen atoms in total. The standard InChI is InChI=1S/C14H13N5O3/c15-9-5-8(2-3-10(9)18-16)14-17-11-4-1-7(13(20)19-21)6-12(11)22-14/h1-6,18,21H,15-16H2,(H,19,20). The van der Waals surface area contributed by atoms with Crippen LogP contribution in [0.15, 0.2) is 40.8 Å². The first-order valence-electron chi connectivity index (χ1n) is 6.34. The lowest BCUT2D eigenvalue weighted by molar-refractivity contribution is 0.0706. The van der Waals surface area contributed by atoms with Crippen LogP contribution in [-0.4, -0.2) is 16.1 Å². The number of hydrazine groups is 1. The van der Waals surface area contributed by atoms with Gasteiger partial charge in [-0.2, -0.15) is 0 Å². The largest absolute Gasteiger partial charge is 0.436 e. The number of benzene rings is 2. The minimum absolute atomic E-state index is 0.264. The van der Waals surface area contributed by atoms with Crippen LogP contribution in [0.4, 0.5) is 11.4 Å². The molecular weight excluding hydrogens is 286 g/mol. The molecule has 7 N–H and O–H groups in total. The smallest absolute Gasteiger partial charge is 0.274 e. The molecule has 0 fully saturated rings. The van der Waals surface area contributed by atoms with Crippen molar-refractivity contribution < 1.29 is 14.4 Å². The number of nitrogens with one attached hydrogen (secondary N) is 2. The third-order valence-electron chi connectivity index (χ3n) is 3.21. The molecule has 0 aliphatic heterocycles. The summed E-state index contributed by atoms with van der Waals surface area (Å²) in [6.45, 7) is 0. The number of hydrogen-bond donors (Lipinski definition) is 5. The van der Waals surface area contributed by atoms with Crippen molar-refractivity contribution in [1.29, 1.82) is 0 Å². The van der Waals surface area contributed by atoms with E-state index in [9.17, 15) is 4.79 Å². The Labute approximate surface area is 124 Å². The molecule has 0 aliphatic carbocycles. The van der Waals surface area contributed by atoms with Gasteiger partial charge in [-0.3, -0.25) is 15.8 Å². The molecule has 0 spiro atoms. The van der Waals surface area contributed by atoms with Gasteiger partial charge in [0, 0.05) is 11.1 Å². The number of oxazole rings is 1. The van der Waals surface area contributed by atoms with Gasteiger partial charge >= 0.3 is 0 Å². The first-order chi connectivity index (χ1) is 10.6. The van der Waals surface area contributed by atoms with Crippen molar-refractivity contribution in [3.05, 3.63) is 42.0 Å². The Morgan fingerprint density at radius 2 is 2.05 bits per heavy atom. The van der Waals surface area contributed by atoms with Crippen LogP contribution >= 0.6 is 0 Å². The lowest BCUT2D eigenvalue weighted by atomic mass is 10.2. The average molecular weight is 299 g/mol. The number of hydroxylamine groups is 1. The maximum Gasteiger partial charge on any atom is 0.274 e. The van der Waals surface area contributed by atoms with Gasteiger partial charge < -0.3 is 15.6 Å². The molecule has 1 aromatic heterocycles. The van der Waals surface area contributed by atoms with Gasteiger partial charge in [-0.1, -0.05) is 0 Å². The number of carbonyl (C=O) groups excluding carboxylic acids is 1. The lowest BCUT2D eigenvalue weighted by Crippen LogP contribution is -2.18. The maximum atomic E-state index is 11.4. The molecule has 8 heteroatoms. The molecule has 0 atom stereocenters. The number of nitrogen functional groups attached to an aromatic ring is 2. The highest BCUT2D eigenvalue weighted by Crippen LogP contribution is 2.29. The summed E-state index contributed by atoms with van der Waals surface area (Å²) in [5, 5.41) is 8.65. The van der Waals surface area contributed by atoms with Gasteiger partial charge in [-0.15, -0.1) is 0 Å². The highest BCUT2D eigenvalue weighted by atomic mass is 16.5. The molecule has 0 radical (unpaired) electrons. The van der Waals surface area contributed by atoms with E-state index in [0.29, 0.717) is 33.9 Å². The molecule has 3 rings (SSSR count). The fourth-order valence-corrected chi connectivity index (χ4v) is 2.08. The summed E-state index contributed by atoms with van der Waals surface area (Å²) in [5.74, 6) is 5.08. The third-order valence-corrected chi connectivity index (χ3v) is 3.21. The van der Waals surface area contributed by atoms with Crippen LogP contribution in [0.5, 0.6) is 0 Å². The third kappa shape index (κ3) is 2.32. The normalized spacial score (nSPS) is 10.6. The molecule has 0 bridgehead atoms. The van der Waals surface area contributed by atoms with Gasteiger partial charge in [-0.25, -0.2) is 10.5 Å². The van der Waals surface area contributed by atoms with Crippen LogP contribution < -0.4 is 22.5 Å². The van der Waals surface area contributed by atoms with E-state index in [-0.39, 0.29) is 5.56 Å². The zero-order valence-electron chi connectivity index (χ0n) is 11.3. The maximum absolute atomic E-state index is 11.4. The Hall–Kier alpha value is -3.10. The van der Waals surface area contributed by atoms with Crippen LogP contribution in [0.3, 0.4) is 0 Å². The second-order valence-electron chi connectivity index (χ2n) is 4.59. The topological polar surface area (TPSA) is 139 Å². The number of aromatic nitrogens is 1. The fourth-order valence-electron chi connectivity index (χ4n) is 2.08. The minimum Gasteiger partial charge on any atom is -0.436 e. The molecule has 1 amide bonds. The summed E-state index contributed by atoms with van der Waals surface area (Å²) >= 11 is 0. The Morgan fingerprint density at radius 3 is 2.73 bits per heavy atom. The van der Waals surface area contributed by atoms with E-state index in [1.165, 1.54) is 12.1 Å². The highest BCUT2D eigenvalue weighted by molar-refractivity contribution is 5.96. The molecule has 0 saturated heterocycles. The number of fused-ring (bicyclic) bond motifs is 1. The van der Waals surface area contributed by atoms with Gasteiger partial charge in [0.05, 0.1) is 11.4 Å². The zero-order valence-corrected chi connectivity index (χ0v) is 11.3. The Bertz CT molecular complexity index is 859. The van der Waals surface area contributed by atoms with E-state index in [1.54, 1.807) is 29.7 Å². The molecule has 0 unspecified atom stereocenters. The first-order valence-corrected chi connectivity index (χ1v) is 6.34. The van der Waals surface area contributed by atoms with E-state index in [0.717, 1.165) is 0 Å². The molecule has 112 valence electrons. The molecule has 22 heavy (non-hydrogen) atoms. The quantitative estimate of drug-likeness (QED) is 0.213.